The van der Waals surface area contributed by atoms with Crippen molar-refractivity contribution in [3.63, 3.8) is 0 Å². The maximum atomic E-state index is 11.2. The lowest BCUT2D eigenvalue weighted by Gasteiger charge is -2.38. The van der Waals surface area contributed by atoms with Gasteiger partial charge in [-0.1, -0.05) is 27.2 Å². The zero-order valence-corrected chi connectivity index (χ0v) is 13.7. The van der Waals surface area contributed by atoms with Crippen LogP contribution in [0.3, 0.4) is 0 Å². The molecule has 2 unspecified atom stereocenters. The topological polar surface area (TPSA) is 35.5 Å². The highest BCUT2D eigenvalue weighted by atomic mass is 16.5. The summed E-state index contributed by atoms with van der Waals surface area (Å²) in [5, 5.41) is 0. The smallest absolute Gasteiger partial charge is 0.305 e. The first-order valence-corrected chi connectivity index (χ1v) is 8.20. The highest BCUT2D eigenvalue weighted by Crippen LogP contribution is 2.39. The Labute approximate surface area is 124 Å². The van der Waals surface area contributed by atoms with Crippen molar-refractivity contribution in [2.45, 2.75) is 78.7 Å². The van der Waals surface area contributed by atoms with E-state index in [1.165, 1.54) is 19.3 Å². The molecule has 1 saturated carbocycles. The summed E-state index contributed by atoms with van der Waals surface area (Å²) in [5.41, 5.74) is 0.423. The van der Waals surface area contributed by atoms with E-state index in [2.05, 4.69) is 20.8 Å². The van der Waals surface area contributed by atoms with E-state index < -0.39 is 0 Å². The third-order valence-corrected chi connectivity index (χ3v) is 4.03. The molecule has 0 radical (unpaired) electrons. The van der Waals surface area contributed by atoms with Gasteiger partial charge >= 0.3 is 5.97 Å². The van der Waals surface area contributed by atoms with Crippen molar-refractivity contribution in [2.75, 3.05) is 13.2 Å². The standard InChI is InChI=1S/C17H32O3/c1-5-19-16(18)9-7-6-8-10-20-15-11-14(2)12-17(3,4)13-15/h14-15H,5-13H2,1-4H3. The van der Waals surface area contributed by atoms with Crippen LogP contribution in [0.1, 0.15) is 72.6 Å². The second-order valence-corrected chi connectivity index (χ2v) is 7.02. The van der Waals surface area contributed by atoms with Gasteiger partial charge < -0.3 is 9.47 Å². The summed E-state index contributed by atoms with van der Waals surface area (Å²) in [4.78, 5) is 11.2. The molecular weight excluding hydrogens is 252 g/mol. The molecule has 20 heavy (non-hydrogen) atoms. The van der Waals surface area contributed by atoms with Crippen LogP contribution in [0.4, 0.5) is 0 Å². The lowest BCUT2D eigenvalue weighted by Crippen LogP contribution is -2.32. The zero-order valence-electron chi connectivity index (χ0n) is 13.7. The Morgan fingerprint density at radius 3 is 2.60 bits per heavy atom. The zero-order chi connectivity index (χ0) is 15.0. The molecule has 0 amide bonds. The number of carbonyl (C=O) groups is 1. The van der Waals surface area contributed by atoms with Crippen LogP contribution >= 0.6 is 0 Å². The van der Waals surface area contributed by atoms with Crippen molar-refractivity contribution >= 4 is 5.97 Å². The molecule has 0 N–H and O–H groups in total. The van der Waals surface area contributed by atoms with Crippen LogP contribution in [0.5, 0.6) is 0 Å². The van der Waals surface area contributed by atoms with E-state index in [0.717, 1.165) is 31.8 Å². The summed E-state index contributed by atoms with van der Waals surface area (Å²) >= 11 is 0. The SMILES string of the molecule is CCOC(=O)CCCCCOC1CC(C)CC(C)(C)C1. The first-order chi connectivity index (χ1) is 9.43. The molecule has 0 aromatic heterocycles. The number of unbranched alkanes of at least 4 members (excludes halogenated alkanes) is 2. The molecular formula is C17H32O3. The first-order valence-electron chi connectivity index (χ1n) is 8.20. The lowest BCUT2D eigenvalue weighted by atomic mass is 9.71. The third-order valence-electron chi connectivity index (χ3n) is 4.03. The molecule has 1 aliphatic rings. The summed E-state index contributed by atoms with van der Waals surface area (Å²) in [5.74, 6) is 0.698. The Kier molecular flexibility index (Phi) is 7.57. The molecule has 0 heterocycles. The fourth-order valence-corrected chi connectivity index (χ4v) is 3.42. The van der Waals surface area contributed by atoms with E-state index in [1.54, 1.807) is 0 Å². The first kappa shape index (κ1) is 17.5. The van der Waals surface area contributed by atoms with Crippen LogP contribution in [-0.4, -0.2) is 25.3 Å². The van der Waals surface area contributed by atoms with E-state index in [9.17, 15) is 4.79 Å². The number of esters is 1. The highest BCUT2D eigenvalue weighted by Gasteiger charge is 2.32. The van der Waals surface area contributed by atoms with Gasteiger partial charge in [0.25, 0.3) is 0 Å². The number of hydrogen-bond donors (Lipinski definition) is 0. The van der Waals surface area contributed by atoms with Crippen LogP contribution < -0.4 is 0 Å². The minimum atomic E-state index is -0.0729. The molecule has 0 bridgehead atoms. The highest BCUT2D eigenvalue weighted by molar-refractivity contribution is 5.69. The number of rotatable bonds is 8. The molecule has 0 aromatic rings. The van der Waals surface area contributed by atoms with Gasteiger partial charge in [0.1, 0.15) is 0 Å². The second kappa shape index (κ2) is 8.66. The van der Waals surface area contributed by atoms with Gasteiger partial charge in [-0.3, -0.25) is 4.79 Å². The lowest BCUT2D eigenvalue weighted by molar-refractivity contribution is -0.143. The van der Waals surface area contributed by atoms with Crippen LogP contribution in [0.2, 0.25) is 0 Å². The number of hydrogen-bond acceptors (Lipinski definition) is 3. The van der Waals surface area contributed by atoms with Crippen LogP contribution in [0, 0.1) is 11.3 Å². The minimum absolute atomic E-state index is 0.0729. The quantitative estimate of drug-likeness (QED) is 0.491. The van der Waals surface area contributed by atoms with Crippen molar-refractivity contribution in [1.29, 1.82) is 0 Å². The fraction of sp³-hybridized carbons (Fsp3) is 0.941. The average Bonchev–Trinajstić information content (AvgIpc) is 2.31. The monoisotopic (exact) mass is 284 g/mol. The van der Waals surface area contributed by atoms with Crippen LogP contribution in [0.15, 0.2) is 0 Å². The Morgan fingerprint density at radius 1 is 1.20 bits per heavy atom. The normalized spacial score (nSPS) is 25.4. The summed E-state index contributed by atoms with van der Waals surface area (Å²) < 4.78 is 10.9. The number of carbonyl (C=O) groups excluding carboxylic acids is 1. The summed E-state index contributed by atoms with van der Waals surface area (Å²) in [7, 11) is 0. The third kappa shape index (κ3) is 7.28. The largest absolute Gasteiger partial charge is 0.466 e. The summed E-state index contributed by atoms with van der Waals surface area (Å²) in [6.45, 7) is 10.2. The molecule has 1 rings (SSSR count). The molecule has 1 aliphatic carbocycles. The molecule has 118 valence electrons. The minimum Gasteiger partial charge on any atom is -0.466 e. The average molecular weight is 284 g/mol. The van der Waals surface area contributed by atoms with Crippen molar-refractivity contribution in [1.82, 2.24) is 0 Å². The fourth-order valence-electron chi connectivity index (χ4n) is 3.42. The molecule has 1 fully saturated rings. The molecule has 0 aromatic carbocycles. The predicted octanol–water partition coefficient (Wildman–Crippen LogP) is 4.34. The van der Waals surface area contributed by atoms with Gasteiger partial charge in [0.15, 0.2) is 0 Å². The maximum Gasteiger partial charge on any atom is 0.305 e. The van der Waals surface area contributed by atoms with E-state index in [4.69, 9.17) is 9.47 Å². The Hall–Kier alpha value is -0.570. The van der Waals surface area contributed by atoms with Gasteiger partial charge in [-0.25, -0.2) is 0 Å². The van der Waals surface area contributed by atoms with E-state index in [-0.39, 0.29) is 5.97 Å². The van der Waals surface area contributed by atoms with Gasteiger partial charge in [-0.05, 0) is 50.4 Å². The number of ether oxygens (including phenoxy) is 2. The van der Waals surface area contributed by atoms with Gasteiger partial charge in [0.2, 0.25) is 0 Å². The van der Waals surface area contributed by atoms with Gasteiger partial charge in [-0.15, -0.1) is 0 Å². The van der Waals surface area contributed by atoms with Crippen molar-refractivity contribution in [3.05, 3.63) is 0 Å². The van der Waals surface area contributed by atoms with Crippen molar-refractivity contribution in [2.24, 2.45) is 11.3 Å². The molecule has 2 atom stereocenters. The Morgan fingerprint density at radius 2 is 1.95 bits per heavy atom. The summed E-state index contributed by atoms with van der Waals surface area (Å²) in [6.07, 6.45) is 7.67. The van der Waals surface area contributed by atoms with Gasteiger partial charge in [0.05, 0.1) is 12.7 Å². The van der Waals surface area contributed by atoms with E-state index >= 15 is 0 Å². The van der Waals surface area contributed by atoms with E-state index in [0.29, 0.717) is 24.5 Å². The molecule has 0 saturated heterocycles. The molecule has 0 aliphatic heterocycles. The van der Waals surface area contributed by atoms with E-state index in [1.807, 2.05) is 6.92 Å². The van der Waals surface area contributed by atoms with Crippen LogP contribution in [-0.2, 0) is 14.3 Å². The van der Waals surface area contributed by atoms with Crippen LogP contribution in [0.25, 0.3) is 0 Å². The van der Waals surface area contributed by atoms with Gasteiger partial charge in [0, 0.05) is 13.0 Å². The van der Waals surface area contributed by atoms with Gasteiger partial charge in [-0.2, -0.15) is 0 Å². The Balaban J connectivity index is 2.05. The van der Waals surface area contributed by atoms with Crippen molar-refractivity contribution < 1.29 is 14.3 Å². The second-order valence-electron chi connectivity index (χ2n) is 7.02. The molecule has 0 spiro atoms. The molecule has 3 nitrogen and oxygen atoms in total. The molecule has 3 heteroatoms. The summed E-state index contributed by atoms with van der Waals surface area (Å²) in [6, 6.07) is 0. The maximum absolute atomic E-state index is 11.2. The predicted molar refractivity (Wildman–Crippen MR) is 81.6 cm³/mol. The van der Waals surface area contributed by atoms with Crippen molar-refractivity contribution in [3.8, 4) is 0 Å². The Bertz CT molecular complexity index is 286.